The van der Waals surface area contributed by atoms with Crippen LogP contribution in [0.3, 0.4) is 0 Å². The molecule has 3 rings (SSSR count). The van der Waals surface area contributed by atoms with Crippen LogP contribution in [0.15, 0.2) is 59.6 Å². The summed E-state index contributed by atoms with van der Waals surface area (Å²) in [4.78, 5) is 6.98. The van der Waals surface area contributed by atoms with Crippen LogP contribution >= 0.6 is 24.0 Å². The van der Waals surface area contributed by atoms with Gasteiger partial charge in [0, 0.05) is 13.6 Å². The van der Waals surface area contributed by atoms with Gasteiger partial charge in [-0.2, -0.15) is 0 Å². The van der Waals surface area contributed by atoms with Crippen molar-refractivity contribution < 1.29 is 4.74 Å². The number of guanidine groups is 1. The summed E-state index contributed by atoms with van der Waals surface area (Å²) >= 11 is 0. The highest BCUT2D eigenvalue weighted by atomic mass is 127. The summed E-state index contributed by atoms with van der Waals surface area (Å²) < 4.78 is 5.44. The first-order chi connectivity index (χ1) is 13.7. The Hall–Kier alpha value is -1.80. The van der Waals surface area contributed by atoms with Gasteiger partial charge < -0.3 is 15.4 Å². The summed E-state index contributed by atoms with van der Waals surface area (Å²) in [7, 11) is 3.54. The minimum atomic E-state index is 0. The zero-order valence-electron chi connectivity index (χ0n) is 17.6. The van der Waals surface area contributed by atoms with Crippen LogP contribution in [0.4, 0.5) is 0 Å². The summed E-state index contributed by atoms with van der Waals surface area (Å²) in [6.07, 6.45) is 2.52. The molecule has 0 aliphatic carbocycles. The van der Waals surface area contributed by atoms with E-state index in [9.17, 15) is 0 Å². The maximum Gasteiger partial charge on any atom is 0.191 e. The van der Waals surface area contributed by atoms with E-state index in [1.165, 1.54) is 24.0 Å². The lowest BCUT2D eigenvalue weighted by Gasteiger charge is -2.29. The molecule has 1 aliphatic rings. The van der Waals surface area contributed by atoms with Gasteiger partial charge >= 0.3 is 0 Å². The third-order valence-corrected chi connectivity index (χ3v) is 5.40. The minimum absolute atomic E-state index is 0. The molecular weight excluding hydrogens is 475 g/mol. The first-order valence-electron chi connectivity index (χ1n) is 10.1. The SMILES string of the molecule is CN=C(NCC(c1cccc(OC)c1)N1CCCC1)NC(C)c1ccccc1.I. The van der Waals surface area contributed by atoms with Crippen LogP contribution in [0.2, 0.25) is 0 Å². The van der Waals surface area contributed by atoms with Crippen molar-refractivity contribution in [2.75, 3.05) is 33.8 Å². The molecule has 1 saturated heterocycles. The van der Waals surface area contributed by atoms with Gasteiger partial charge in [0.1, 0.15) is 5.75 Å². The number of ether oxygens (including phenoxy) is 1. The third kappa shape index (κ3) is 6.60. The van der Waals surface area contributed by atoms with Crippen molar-refractivity contribution in [1.29, 1.82) is 0 Å². The van der Waals surface area contributed by atoms with Crippen molar-refractivity contribution in [3.05, 3.63) is 65.7 Å². The summed E-state index contributed by atoms with van der Waals surface area (Å²) in [6, 6.07) is 19.3. The number of nitrogens with one attached hydrogen (secondary N) is 2. The average Bonchev–Trinajstić information content (AvgIpc) is 3.28. The fourth-order valence-corrected chi connectivity index (χ4v) is 3.78. The standard InChI is InChI=1S/C23H32N4O.HI/c1-18(19-10-5-4-6-11-19)26-23(24-2)25-17-22(27-14-7-8-15-27)20-12-9-13-21(16-20)28-3;/h4-6,9-13,16,18,22H,7-8,14-15,17H2,1-3H3,(H2,24,25,26);1H. The number of hydrogen-bond acceptors (Lipinski definition) is 3. The molecule has 2 aromatic carbocycles. The quantitative estimate of drug-likeness (QED) is 0.331. The molecular formula is C23H33IN4O. The molecule has 0 aromatic heterocycles. The Bertz CT molecular complexity index is 762. The Kier molecular flexibility index (Phi) is 9.73. The van der Waals surface area contributed by atoms with E-state index in [1.54, 1.807) is 7.11 Å². The van der Waals surface area contributed by atoms with Gasteiger partial charge in [-0.25, -0.2) is 0 Å². The molecule has 2 N–H and O–H groups in total. The molecule has 2 aromatic rings. The summed E-state index contributed by atoms with van der Waals surface area (Å²) in [6.45, 7) is 5.22. The number of benzene rings is 2. The molecule has 0 amide bonds. The van der Waals surface area contributed by atoms with E-state index in [1.807, 2.05) is 19.2 Å². The number of rotatable bonds is 7. The fraction of sp³-hybridized carbons (Fsp3) is 0.435. The lowest BCUT2D eigenvalue weighted by atomic mass is 10.0. The second kappa shape index (κ2) is 12.0. The summed E-state index contributed by atoms with van der Waals surface area (Å²) in [5, 5.41) is 7.04. The van der Waals surface area contributed by atoms with Gasteiger partial charge in [-0.3, -0.25) is 9.89 Å². The van der Waals surface area contributed by atoms with Crippen molar-refractivity contribution in [2.24, 2.45) is 4.99 Å². The van der Waals surface area contributed by atoms with Crippen molar-refractivity contribution in [3.63, 3.8) is 0 Å². The molecule has 1 fully saturated rings. The van der Waals surface area contributed by atoms with Crippen LogP contribution in [0.5, 0.6) is 5.75 Å². The Morgan fingerprint density at radius 3 is 2.41 bits per heavy atom. The molecule has 0 bridgehead atoms. The molecule has 0 saturated carbocycles. The molecule has 0 spiro atoms. The van der Waals surface area contributed by atoms with Crippen LogP contribution < -0.4 is 15.4 Å². The minimum Gasteiger partial charge on any atom is -0.497 e. The molecule has 2 atom stereocenters. The first-order valence-corrected chi connectivity index (χ1v) is 10.1. The van der Waals surface area contributed by atoms with Crippen LogP contribution in [0.25, 0.3) is 0 Å². The molecule has 1 heterocycles. The monoisotopic (exact) mass is 508 g/mol. The van der Waals surface area contributed by atoms with Gasteiger partial charge in [0.25, 0.3) is 0 Å². The number of nitrogens with zero attached hydrogens (tertiary/aromatic N) is 2. The maximum atomic E-state index is 5.44. The highest BCUT2D eigenvalue weighted by molar-refractivity contribution is 14.0. The molecule has 29 heavy (non-hydrogen) atoms. The lowest BCUT2D eigenvalue weighted by molar-refractivity contribution is 0.244. The Balaban J connectivity index is 0.00000300. The van der Waals surface area contributed by atoms with E-state index < -0.39 is 0 Å². The van der Waals surface area contributed by atoms with Crippen molar-refractivity contribution >= 4 is 29.9 Å². The number of hydrogen-bond donors (Lipinski definition) is 2. The molecule has 2 unspecified atom stereocenters. The number of likely N-dealkylation sites (tertiary alicyclic amines) is 1. The lowest BCUT2D eigenvalue weighted by Crippen LogP contribution is -2.43. The van der Waals surface area contributed by atoms with Crippen molar-refractivity contribution in [3.8, 4) is 5.75 Å². The van der Waals surface area contributed by atoms with E-state index in [2.05, 4.69) is 69.9 Å². The second-order valence-electron chi connectivity index (χ2n) is 7.27. The zero-order valence-corrected chi connectivity index (χ0v) is 19.9. The van der Waals surface area contributed by atoms with Gasteiger partial charge in [0.15, 0.2) is 5.96 Å². The van der Waals surface area contributed by atoms with Gasteiger partial charge in [-0.05, 0) is 56.1 Å². The average molecular weight is 508 g/mol. The van der Waals surface area contributed by atoms with Gasteiger partial charge in [-0.1, -0.05) is 42.5 Å². The van der Waals surface area contributed by atoms with Crippen LogP contribution in [0, 0.1) is 0 Å². The predicted molar refractivity (Wildman–Crippen MR) is 131 cm³/mol. The van der Waals surface area contributed by atoms with Gasteiger partial charge in [0.05, 0.1) is 19.2 Å². The highest BCUT2D eigenvalue weighted by Crippen LogP contribution is 2.27. The largest absolute Gasteiger partial charge is 0.497 e. The molecule has 1 aliphatic heterocycles. The van der Waals surface area contributed by atoms with E-state index in [-0.39, 0.29) is 30.0 Å². The third-order valence-electron chi connectivity index (χ3n) is 5.40. The van der Waals surface area contributed by atoms with Crippen LogP contribution in [-0.4, -0.2) is 44.7 Å². The predicted octanol–water partition coefficient (Wildman–Crippen LogP) is 4.38. The zero-order chi connectivity index (χ0) is 19.8. The van der Waals surface area contributed by atoms with Crippen molar-refractivity contribution in [2.45, 2.75) is 31.8 Å². The fourth-order valence-electron chi connectivity index (χ4n) is 3.78. The van der Waals surface area contributed by atoms with Crippen LogP contribution in [-0.2, 0) is 0 Å². The van der Waals surface area contributed by atoms with E-state index in [0.717, 1.165) is 31.3 Å². The summed E-state index contributed by atoms with van der Waals surface area (Å²) in [5.74, 6) is 1.73. The molecule has 6 heteroatoms. The van der Waals surface area contributed by atoms with Gasteiger partial charge in [-0.15, -0.1) is 24.0 Å². The van der Waals surface area contributed by atoms with E-state index >= 15 is 0 Å². The number of halogens is 1. The topological polar surface area (TPSA) is 48.9 Å². The maximum absolute atomic E-state index is 5.44. The number of aliphatic imine (C=N–C) groups is 1. The van der Waals surface area contributed by atoms with Crippen molar-refractivity contribution in [1.82, 2.24) is 15.5 Å². The molecule has 158 valence electrons. The number of methoxy groups -OCH3 is 1. The Labute approximate surface area is 192 Å². The molecule has 0 radical (unpaired) electrons. The molecule has 5 nitrogen and oxygen atoms in total. The van der Waals surface area contributed by atoms with E-state index in [0.29, 0.717) is 6.04 Å². The van der Waals surface area contributed by atoms with Gasteiger partial charge in [0.2, 0.25) is 0 Å². The highest BCUT2D eigenvalue weighted by Gasteiger charge is 2.24. The normalized spacial score (nSPS) is 16.6. The first kappa shape index (κ1) is 23.5. The Morgan fingerprint density at radius 2 is 1.76 bits per heavy atom. The summed E-state index contributed by atoms with van der Waals surface area (Å²) in [5.41, 5.74) is 2.52. The second-order valence-corrected chi connectivity index (χ2v) is 7.27. The smallest absolute Gasteiger partial charge is 0.191 e. The van der Waals surface area contributed by atoms with Crippen LogP contribution in [0.1, 0.15) is 43.0 Å². The Morgan fingerprint density at radius 1 is 1.07 bits per heavy atom. The van der Waals surface area contributed by atoms with E-state index in [4.69, 9.17) is 4.74 Å².